The second-order valence-corrected chi connectivity index (χ2v) is 9.17. The number of aryl methyl sites for hydroxylation is 1. The van der Waals surface area contributed by atoms with E-state index in [0.29, 0.717) is 22.4 Å². The maximum atomic E-state index is 12.8. The van der Waals surface area contributed by atoms with E-state index in [-0.39, 0.29) is 16.9 Å². The van der Waals surface area contributed by atoms with Crippen molar-refractivity contribution in [3.8, 4) is 5.69 Å². The number of hydrogen-bond donors (Lipinski definition) is 1. The van der Waals surface area contributed by atoms with Gasteiger partial charge in [-0.3, -0.25) is 29.6 Å². The summed E-state index contributed by atoms with van der Waals surface area (Å²) in [5.41, 5.74) is 2.94. The second kappa shape index (κ2) is 11.0. The number of carbonyl (C=O) groups is 1. The molecule has 0 saturated carbocycles. The lowest BCUT2D eigenvalue weighted by Gasteiger charge is -2.16. The van der Waals surface area contributed by atoms with Crippen LogP contribution in [0.3, 0.4) is 0 Å². The molecule has 1 N–H and O–H groups in total. The molecule has 0 bridgehead atoms. The van der Waals surface area contributed by atoms with Crippen molar-refractivity contribution < 1.29 is 14.6 Å². The van der Waals surface area contributed by atoms with Crippen LogP contribution in [0.2, 0.25) is 0 Å². The highest BCUT2D eigenvalue weighted by molar-refractivity contribution is 7.98. The third-order valence-electron chi connectivity index (χ3n) is 5.50. The molecule has 0 saturated heterocycles. The standard InChI is InChI=1S/C25H22N6O5S/c1-16-4-3-5-18(14-16)15-37-25-28-27-23(29(25)20-10-12-22(13-11-20)31(35)36)17(2)26-24(32)19-6-8-21(9-7-19)30(33)34/h3-14,17H,15H2,1-2H3,(H,26,32)/t17-/m0/s1. The van der Waals surface area contributed by atoms with Gasteiger partial charge in [0.1, 0.15) is 0 Å². The third-order valence-corrected chi connectivity index (χ3v) is 6.50. The van der Waals surface area contributed by atoms with Crippen LogP contribution in [0, 0.1) is 27.2 Å². The van der Waals surface area contributed by atoms with Crippen LogP contribution in [0.4, 0.5) is 11.4 Å². The third kappa shape index (κ3) is 5.98. The van der Waals surface area contributed by atoms with Gasteiger partial charge in [-0.25, -0.2) is 0 Å². The zero-order valence-electron chi connectivity index (χ0n) is 19.9. The lowest BCUT2D eigenvalue weighted by Crippen LogP contribution is -2.28. The molecule has 12 heteroatoms. The molecule has 37 heavy (non-hydrogen) atoms. The minimum Gasteiger partial charge on any atom is -0.342 e. The minimum absolute atomic E-state index is 0.0492. The molecule has 0 radical (unpaired) electrons. The van der Waals surface area contributed by atoms with Gasteiger partial charge in [-0.15, -0.1) is 10.2 Å². The average molecular weight is 519 g/mol. The maximum Gasteiger partial charge on any atom is 0.269 e. The van der Waals surface area contributed by atoms with Gasteiger partial charge in [-0.2, -0.15) is 0 Å². The molecule has 1 amide bonds. The van der Waals surface area contributed by atoms with Crippen molar-refractivity contribution in [2.45, 2.75) is 30.8 Å². The van der Waals surface area contributed by atoms with E-state index in [2.05, 4.69) is 21.6 Å². The summed E-state index contributed by atoms with van der Waals surface area (Å²) >= 11 is 1.45. The topological polar surface area (TPSA) is 146 Å². The van der Waals surface area contributed by atoms with Gasteiger partial charge in [0.05, 0.1) is 15.9 Å². The number of benzene rings is 3. The molecule has 1 atom stereocenters. The average Bonchev–Trinajstić information content (AvgIpc) is 3.31. The first-order chi connectivity index (χ1) is 17.7. The summed E-state index contributed by atoms with van der Waals surface area (Å²) in [5.74, 6) is 0.613. The fraction of sp³-hybridized carbons (Fsp3) is 0.160. The van der Waals surface area contributed by atoms with Crippen molar-refractivity contribution >= 4 is 29.0 Å². The summed E-state index contributed by atoms with van der Waals surface area (Å²) < 4.78 is 1.75. The number of carbonyl (C=O) groups excluding carboxylic acids is 1. The highest BCUT2D eigenvalue weighted by Crippen LogP contribution is 2.29. The predicted molar refractivity (Wildman–Crippen MR) is 138 cm³/mol. The van der Waals surface area contributed by atoms with Gasteiger partial charge in [0.25, 0.3) is 17.3 Å². The highest BCUT2D eigenvalue weighted by atomic mass is 32.2. The number of rotatable bonds is 9. The van der Waals surface area contributed by atoms with Gasteiger partial charge in [0.15, 0.2) is 11.0 Å². The van der Waals surface area contributed by atoms with E-state index in [1.807, 2.05) is 25.1 Å². The molecule has 0 spiro atoms. The lowest BCUT2D eigenvalue weighted by molar-refractivity contribution is -0.385. The van der Waals surface area contributed by atoms with Crippen molar-refractivity contribution in [1.82, 2.24) is 20.1 Å². The Morgan fingerprint density at radius 3 is 2.19 bits per heavy atom. The minimum atomic E-state index is -0.598. The first kappa shape index (κ1) is 25.5. The summed E-state index contributed by atoms with van der Waals surface area (Å²) in [6, 6.07) is 18.8. The van der Waals surface area contributed by atoms with Crippen molar-refractivity contribution in [3.05, 3.63) is 116 Å². The van der Waals surface area contributed by atoms with Crippen molar-refractivity contribution in [1.29, 1.82) is 0 Å². The Kier molecular flexibility index (Phi) is 7.58. The Morgan fingerprint density at radius 2 is 1.59 bits per heavy atom. The summed E-state index contributed by atoms with van der Waals surface area (Å²) in [6.07, 6.45) is 0. The second-order valence-electron chi connectivity index (χ2n) is 8.23. The Balaban J connectivity index is 1.62. The first-order valence-corrected chi connectivity index (χ1v) is 12.2. The molecule has 0 unspecified atom stereocenters. The van der Waals surface area contributed by atoms with E-state index >= 15 is 0 Å². The van der Waals surface area contributed by atoms with Crippen molar-refractivity contribution in [3.63, 3.8) is 0 Å². The van der Waals surface area contributed by atoms with Crippen LogP contribution in [0.25, 0.3) is 5.69 Å². The highest BCUT2D eigenvalue weighted by Gasteiger charge is 2.22. The summed E-state index contributed by atoms with van der Waals surface area (Å²) in [7, 11) is 0. The van der Waals surface area contributed by atoms with Gasteiger partial charge < -0.3 is 5.32 Å². The number of thioether (sulfide) groups is 1. The lowest BCUT2D eigenvalue weighted by atomic mass is 10.2. The number of nitro benzene ring substituents is 2. The number of nitro groups is 2. The number of nitrogens with zero attached hydrogens (tertiary/aromatic N) is 5. The maximum absolute atomic E-state index is 12.8. The quantitative estimate of drug-likeness (QED) is 0.181. The molecular weight excluding hydrogens is 496 g/mol. The summed E-state index contributed by atoms with van der Waals surface area (Å²) in [5, 5.41) is 34.1. The number of hydrogen-bond acceptors (Lipinski definition) is 8. The first-order valence-electron chi connectivity index (χ1n) is 11.2. The molecule has 4 rings (SSSR count). The smallest absolute Gasteiger partial charge is 0.269 e. The van der Waals surface area contributed by atoms with Crippen molar-refractivity contribution in [2.24, 2.45) is 0 Å². The van der Waals surface area contributed by atoms with Gasteiger partial charge in [0.2, 0.25) is 0 Å². The van der Waals surface area contributed by atoms with E-state index in [1.54, 1.807) is 23.6 Å². The number of aromatic nitrogens is 3. The molecule has 0 aliphatic carbocycles. The predicted octanol–water partition coefficient (Wildman–Crippen LogP) is 5.18. The molecule has 1 heterocycles. The molecule has 11 nitrogen and oxygen atoms in total. The zero-order chi connectivity index (χ0) is 26.5. The van der Waals surface area contributed by atoms with E-state index in [1.165, 1.54) is 48.2 Å². The number of nitrogens with one attached hydrogen (secondary N) is 1. The van der Waals surface area contributed by atoms with E-state index in [0.717, 1.165) is 11.1 Å². The molecule has 3 aromatic carbocycles. The number of amides is 1. The molecule has 188 valence electrons. The molecular formula is C25H22N6O5S. The molecule has 1 aromatic heterocycles. The van der Waals surface area contributed by atoms with Gasteiger partial charge in [-0.1, -0.05) is 41.6 Å². The summed E-state index contributed by atoms with van der Waals surface area (Å²) in [6.45, 7) is 3.76. The van der Waals surface area contributed by atoms with Gasteiger partial charge >= 0.3 is 0 Å². The van der Waals surface area contributed by atoms with Crippen LogP contribution in [-0.2, 0) is 5.75 Å². The molecule has 4 aromatic rings. The van der Waals surface area contributed by atoms with Crippen LogP contribution in [0.5, 0.6) is 0 Å². The Labute approximate surface area is 215 Å². The monoisotopic (exact) mass is 518 g/mol. The SMILES string of the molecule is Cc1cccc(CSc2nnc([C@H](C)NC(=O)c3ccc([N+](=O)[O-])cc3)n2-c2ccc([N+](=O)[O-])cc2)c1. The fourth-order valence-electron chi connectivity index (χ4n) is 3.65. The van der Waals surface area contributed by atoms with Crippen LogP contribution >= 0.6 is 11.8 Å². The van der Waals surface area contributed by atoms with E-state index in [4.69, 9.17) is 0 Å². The molecule has 0 aliphatic rings. The normalized spacial score (nSPS) is 11.6. The largest absolute Gasteiger partial charge is 0.342 e. The van der Waals surface area contributed by atoms with Crippen LogP contribution in [0.1, 0.15) is 40.3 Å². The van der Waals surface area contributed by atoms with Gasteiger partial charge in [0, 0.05) is 41.3 Å². The molecule has 0 fully saturated rings. The van der Waals surface area contributed by atoms with Crippen molar-refractivity contribution in [2.75, 3.05) is 0 Å². The molecule has 0 aliphatic heterocycles. The van der Waals surface area contributed by atoms with Gasteiger partial charge in [-0.05, 0) is 43.7 Å². The van der Waals surface area contributed by atoms with E-state index < -0.39 is 21.8 Å². The summed E-state index contributed by atoms with van der Waals surface area (Å²) in [4.78, 5) is 33.8. The Hall–Kier alpha value is -4.58. The fourth-order valence-corrected chi connectivity index (χ4v) is 4.55. The van der Waals surface area contributed by atoms with Crippen LogP contribution in [0.15, 0.2) is 78.0 Å². The van der Waals surface area contributed by atoms with Crippen LogP contribution in [-0.4, -0.2) is 30.5 Å². The Morgan fingerprint density at radius 1 is 0.973 bits per heavy atom. The zero-order valence-corrected chi connectivity index (χ0v) is 20.7. The number of non-ortho nitro benzene ring substituents is 2. The Bertz CT molecular complexity index is 1450. The van der Waals surface area contributed by atoms with E-state index in [9.17, 15) is 25.0 Å². The van der Waals surface area contributed by atoms with Crippen LogP contribution < -0.4 is 5.32 Å².